The van der Waals surface area contributed by atoms with Gasteiger partial charge in [-0.15, -0.1) is 0 Å². The first-order valence-electron chi connectivity index (χ1n) is 20.7. The molecule has 0 amide bonds. The van der Waals surface area contributed by atoms with Crippen molar-refractivity contribution in [1.29, 1.82) is 0 Å². The molecular weight excluding hydrogens is 795 g/mol. The SMILES string of the molecule is CCCCCCCCCCCCc1cc(N)ccc1S(=O)[O-].CCCCCCCCCCCCc1ccccc1S(=O)[O-].C[CH-]C.O=S([O-])c1ccccc1.[Ti+4]. The van der Waals surface area contributed by atoms with E-state index in [4.69, 9.17) is 5.73 Å². The van der Waals surface area contributed by atoms with Crippen LogP contribution in [0.1, 0.15) is 167 Å². The number of benzene rings is 3. The van der Waals surface area contributed by atoms with Crippen LogP contribution in [0.4, 0.5) is 5.69 Å². The van der Waals surface area contributed by atoms with Crippen LogP contribution in [0.5, 0.6) is 0 Å². The molecule has 0 aliphatic rings. The van der Waals surface area contributed by atoms with Crippen molar-refractivity contribution in [1.82, 2.24) is 0 Å². The van der Waals surface area contributed by atoms with Crippen molar-refractivity contribution in [2.75, 3.05) is 5.73 Å². The second kappa shape index (κ2) is 40.3. The summed E-state index contributed by atoms with van der Waals surface area (Å²) in [6.07, 6.45) is 29.6. The molecule has 0 bridgehead atoms. The van der Waals surface area contributed by atoms with Crippen LogP contribution < -0.4 is 5.73 Å². The van der Waals surface area contributed by atoms with Crippen LogP contribution >= 0.6 is 0 Å². The number of unbranched alkanes of at least 4 members (excludes halogenated alkanes) is 18. The van der Waals surface area contributed by atoms with E-state index in [1.165, 1.54) is 109 Å². The molecule has 3 aromatic rings. The smallest absolute Gasteiger partial charge is 0.768 e. The van der Waals surface area contributed by atoms with Gasteiger partial charge in [0.1, 0.15) is 0 Å². The van der Waals surface area contributed by atoms with Crippen molar-refractivity contribution in [3.8, 4) is 0 Å². The Morgan fingerprint density at radius 1 is 0.482 bits per heavy atom. The third-order valence-corrected chi connectivity index (χ3v) is 11.1. The van der Waals surface area contributed by atoms with Gasteiger partial charge in [-0.1, -0.05) is 166 Å². The van der Waals surface area contributed by atoms with E-state index in [9.17, 15) is 26.3 Å². The number of hydrogen-bond donors (Lipinski definition) is 1. The maximum atomic E-state index is 11.2. The number of rotatable bonds is 25. The predicted octanol–water partition coefficient (Wildman–Crippen LogP) is 12.5. The summed E-state index contributed by atoms with van der Waals surface area (Å²) in [4.78, 5) is 1.19. The summed E-state index contributed by atoms with van der Waals surface area (Å²) in [6.45, 7) is 8.49. The Morgan fingerprint density at radius 2 is 0.839 bits per heavy atom. The van der Waals surface area contributed by atoms with E-state index in [0.717, 1.165) is 43.2 Å². The van der Waals surface area contributed by atoms with Gasteiger partial charge in [0.15, 0.2) is 0 Å². The molecule has 0 aromatic heterocycles. The molecule has 0 fully saturated rings. The largest absolute Gasteiger partial charge is 4.00 e. The first kappa shape index (κ1) is 56.6. The molecule has 3 aromatic carbocycles. The zero-order chi connectivity index (χ0) is 40.9. The van der Waals surface area contributed by atoms with Gasteiger partial charge in [-0.3, -0.25) is 12.6 Å². The molecule has 0 saturated carbocycles. The third-order valence-electron chi connectivity index (χ3n) is 8.95. The second-order valence-electron chi connectivity index (χ2n) is 13.9. The van der Waals surface area contributed by atoms with E-state index >= 15 is 0 Å². The molecule has 0 aliphatic heterocycles. The standard InChI is InChI=1S/C18H31NO2S.C18H30O2S.C6H6O2S.C3H7.Ti/c1-2-3-4-5-6-7-8-9-10-11-12-16-15-17(19)13-14-18(16)22(20)21;1-2-3-4-5-6-7-8-9-10-11-14-17-15-12-13-16-18(17)21(19)20;7-9(8)6-4-2-1-3-5-6;1-3-2;/h13-15H,2-12,19H2,1H3,(H,20,21);12-13,15-16H,2-11,14H2,1H3,(H,19,20);1-5H,(H,7,8);3H,1-2H3;/q;;;-1;+4/p-3. The van der Waals surface area contributed by atoms with E-state index in [1.807, 2.05) is 32.4 Å². The van der Waals surface area contributed by atoms with Crippen molar-refractivity contribution in [2.24, 2.45) is 0 Å². The van der Waals surface area contributed by atoms with Crippen LogP contribution in [0.15, 0.2) is 87.5 Å². The molecular formula is C45H71NO6S3Ti. The summed E-state index contributed by atoms with van der Waals surface area (Å²) >= 11 is -6.35. The summed E-state index contributed by atoms with van der Waals surface area (Å²) in [5.74, 6) is 0. The van der Waals surface area contributed by atoms with Crippen molar-refractivity contribution in [3.63, 3.8) is 0 Å². The third kappa shape index (κ3) is 31.5. The molecule has 0 spiro atoms. The average Bonchev–Trinajstić information content (AvgIpc) is 3.17. The first-order chi connectivity index (χ1) is 26.6. The van der Waals surface area contributed by atoms with Crippen molar-refractivity contribution in [3.05, 3.63) is 90.3 Å². The zero-order valence-corrected chi connectivity index (χ0v) is 38.8. The Bertz CT molecular complexity index is 1410. The summed E-state index contributed by atoms with van der Waals surface area (Å²) in [5, 5.41) is 0. The molecule has 11 heteroatoms. The van der Waals surface area contributed by atoms with Crippen LogP contribution in [0, 0.1) is 6.42 Å². The second-order valence-corrected chi connectivity index (χ2v) is 16.7. The van der Waals surface area contributed by atoms with Crippen LogP contribution in [0.3, 0.4) is 0 Å². The summed E-state index contributed by atoms with van der Waals surface area (Å²) < 4.78 is 65.0. The summed E-state index contributed by atoms with van der Waals surface area (Å²) in [5.41, 5.74) is 8.20. The van der Waals surface area contributed by atoms with Gasteiger partial charge in [0, 0.05) is 20.4 Å². The molecule has 0 heterocycles. The predicted molar refractivity (Wildman–Crippen MR) is 232 cm³/mol. The van der Waals surface area contributed by atoms with Crippen molar-refractivity contribution >= 4 is 38.9 Å². The monoisotopic (exact) mass is 865 g/mol. The minimum atomic E-state index is -2.17. The molecule has 56 heavy (non-hydrogen) atoms. The number of hydrogen-bond acceptors (Lipinski definition) is 7. The topological polar surface area (TPSA) is 146 Å². The van der Waals surface area contributed by atoms with Crippen LogP contribution in [0.2, 0.25) is 0 Å². The van der Waals surface area contributed by atoms with Gasteiger partial charge in [0.05, 0.1) is 0 Å². The van der Waals surface area contributed by atoms with Crippen molar-refractivity contribution in [2.45, 2.75) is 184 Å². The van der Waals surface area contributed by atoms with Gasteiger partial charge in [-0.05, 0) is 106 Å². The van der Waals surface area contributed by atoms with Crippen LogP contribution in [0.25, 0.3) is 0 Å². The number of anilines is 1. The van der Waals surface area contributed by atoms with E-state index in [0.29, 0.717) is 20.4 Å². The van der Waals surface area contributed by atoms with E-state index in [2.05, 4.69) is 13.8 Å². The van der Waals surface area contributed by atoms with Crippen LogP contribution in [-0.2, 0) is 67.8 Å². The van der Waals surface area contributed by atoms with E-state index < -0.39 is 33.2 Å². The van der Waals surface area contributed by atoms with Crippen LogP contribution in [-0.4, -0.2) is 26.3 Å². The molecule has 3 unspecified atom stereocenters. The molecule has 3 atom stereocenters. The van der Waals surface area contributed by atoms with Gasteiger partial charge in [-0.25, -0.2) is 0 Å². The van der Waals surface area contributed by atoms with Gasteiger partial charge < -0.3 is 25.8 Å². The van der Waals surface area contributed by atoms with Gasteiger partial charge in [0.2, 0.25) is 0 Å². The Kier molecular flexibility index (Phi) is 40.7. The summed E-state index contributed by atoms with van der Waals surface area (Å²) in [7, 11) is 0. The summed E-state index contributed by atoms with van der Waals surface area (Å²) in [6, 6.07) is 20.6. The number of aryl methyl sites for hydroxylation is 2. The Morgan fingerprint density at radius 3 is 1.23 bits per heavy atom. The Labute approximate surface area is 364 Å². The van der Waals surface area contributed by atoms with Gasteiger partial charge in [-0.2, -0.15) is 13.8 Å². The zero-order valence-electron chi connectivity index (χ0n) is 34.8. The molecule has 0 radical (unpaired) electrons. The van der Waals surface area contributed by atoms with Gasteiger partial charge in [0.25, 0.3) is 0 Å². The normalized spacial score (nSPS) is 12.0. The first-order valence-corrected chi connectivity index (χ1v) is 23.9. The molecule has 0 aliphatic carbocycles. The average molecular weight is 866 g/mol. The maximum Gasteiger partial charge on any atom is 4.00 e. The maximum absolute atomic E-state index is 11.2. The fourth-order valence-corrected chi connectivity index (χ4v) is 7.48. The molecule has 2 N–H and O–H groups in total. The molecule has 7 nitrogen and oxygen atoms in total. The Hall–Kier alpha value is -1.50. The molecule has 0 saturated heterocycles. The van der Waals surface area contributed by atoms with Crippen molar-refractivity contribution < 1.29 is 48.0 Å². The Balaban J connectivity index is 0. The van der Waals surface area contributed by atoms with E-state index in [1.54, 1.807) is 60.7 Å². The number of nitrogens with two attached hydrogens (primary N) is 1. The fourth-order valence-electron chi connectivity index (χ4n) is 5.97. The quantitative estimate of drug-likeness (QED) is 0.0293. The number of nitrogen functional groups attached to an aromatic ring is 1. The van der Waals surface area contributed by atoms with E-state index in [-0.39, 0.29) is 21.7 Å². The van der Waals surface area contributed by atoms with Gasteiger partial charge >= 0.3 is 21.7 Å². The fraction of sp³-hybridized carbons (Fsp3) is 0.578. The minimum Gasteiger partial charge on any atom is -0.768 e. The molecule has 314 valence electrons. The molecule has 3 rings (SSSR count). The minimum absolute atomic E-state index is 0.